The van der Waals surface area contributed by atoms with Gasteiger partial charge in [0.05, 0.1) is 19.2 Å². The first-order chi connectivity index (χ1) is 11.2. The average molecular weight is 319 g/mol. The second-order valence-electron chi connectivity index (χ2n) is 6.33. The normalized spacial score (nSPS) is 24.6. The molecule has 1 aromatic rings. The Balaban J connectivity index is 1.40. The molecule has 0 aromatic heterocycles. The Bertz CT molecular complexity index is 609. The van der Waals surface area contributed by atoms with Gasteiger partial charge in [0, 0.05) is 25.2 Å². The number of nitrogens with zero attached hydrogens (tertiary/aromatic N) is 1. The van der Waals surface area contributed by atoms with Crippen LogP contribution in [0.15, 0.2) is 18.2 Å². The maximum absolute atomic E-state index is 12.6. The highest BCUT2D eigenvalue weighted by atomic mass is 16.7. The van der Waals surface area contributed by atoms with E-state index in [-0.39, 0.29) is 24.4 Å². The molecule has 4 rings (SSSR count). The van der Waals surface area contributed by atoms with Gasteiger partial charge in [0.25, 0.3) is 5.91 Å². The third-order valence-corrected chi connectivity index (χ3v) is 4.71. The average Bonchev–Trinajstić information content (AvgIpc) is 3.00. The maximum atomic E-state index is 12.6. The van der Waals surface area contributed by atoms with Crippen molar-refractivity contribution in [2.45, 2.75) is 31.5 Å². The van der Waals surface area contributed by atoms with Gasteiger partial charge in [0.2, 0.25) is 6.79 Å². The number of hydrogen-bond donors (Lipinski definition) is 0. The minimum absolute atomic E-state index is 0.0102. The summed E-state index contributed by atoms with van der Waals surface area (Å²) >= 11 is 0. The number of hydrogen-bond acceptors (Lipinski definition) is 5. The van der Waals surface area contributed by atoms with E-state index in [1.807, 2.05) is 11.8 Å². The zero-order valence-electron chi connectivity index (χ0n) is 13.2. The Morgan fingerprint density at radius 1 is 1.35 bits per heavy atom. The van der Waals surface area contributed by atoms with Crippen LogP contribution in [-0.2, 0) is 9.47 Å². The molecule has 1 amide bonds. The molecule has 0 unspecified atom stereocenters. The topological polar surface area (TPSA) is 57.2 Å². The van der Waals surface area contributed by atoms with Crippen LogP contribution in [0.5, 0.6) is 11.5 Å². The smallest absolute Gasteiger partial charge is 0.254 e. The summed E-state index contributed by atoms with van der Waals surface area (Å²) in [6, 6.07) is 5.32. The first-order valence-corrected chi connectivity index (χ1v) is 8.14. The second kappa shape index (κ2) is 5.69. The molecule has 1 aromatic carbocycles. The van der Waals surface area contributed by atoms with Crippen molar-refractivity contribution < 1.29 is 23.7 Å². The van der Waals surface area contributed by atoms with Crippen LogP contribution < -0.4 is 9.47 Å². The molecule has 0 aliphatic carbocycles. The quantitative estimate of drug-likeness (QED) is 0.851. The Morgan fingerprint density at radius 2 is 2.17 bits per heavy atom. The van der Waals surface area contributed by atoms with Gasteiger partial charge in [-0.1, -0.05) is 0 Å². The van der Waals surface area contributed by atoms with Gasteiger partial charge < -0.3 is 23.8 Å². The third-order valence-electron chi connectivity index (χ3n) is 4.71. The molecule has 0 radical (unpaired) electrons. The summed E-state index contributed by atoms with van der Waals surface area (Å²) in [7, 11) is 0. The lowest BCUT2D eigenvalue weighted by Crippen LogP contribution is -2.67. The van der Waals surface area contributed by atoms with Gasteiger partial charge in [-0.05, 0) is 31.5 Å². The molecule has 3 aliphatic rings. The molecule has 0 saturated carbocycles. The summed E-state index contributed by atoms with van der Waals surface area (Å²) in [5.41, 5.74) is 0.408. The van der Waals surface area contributed by atoms with E-state index in [9.17, 15) is 4.79 Å². The maximum Gasteiger partial charge on any atom is 0.254 e. The highest BCUT2D eigenvalue weighted by Crippen LogP contribution is 2.37. The summed E-state index contributed by atoms with van der Waals surface area (Å²) in [6.45, 7) is 4.91. The van der Waals surface area contributed by atoms with Gasteiger partial charge in [0.15, 0.2) is 11.5 Å². The molecule has 23 heavy (non-hydrogen) atoms. The van der Waals surface area contributed by atoms with E-state index in [0.717, 1.165) is 19.4 Å². The molecule has 0 bridgehead atoms. The van der Waals surface area contributed by atoms with Crippen molar-refractivity contribution >= 4 is 5.91 Å². The van der Waals surface area contributed by atoms with Crippen LogP contribution in [0.25, 0.3) is 0 Å². The molecule has 6 nitrogen and oxygen atoms in total. The van der Waals surface area contributed by atoms with Gasteiger partial charge in [-0.25, -0.2) is 0 Å². The summed E-state index contributed by atoms with van der Waals surface area (Å²) in [4.78, 5) is 14.4. The fourth-order valence-corrected chi connectivity index (χ4v) is 3.59. The number of amides is 1. The van der Waals surface area contributed by atoms with Crippen molar-refractivity contribution in [2.75, 3.05) is 33.1 Å². The first kappa shape index (κ1) is 14.8. The van der Waals surface area contributed by atoms with Crippen molar-refractivity contribution in [3.8, 4) is 11.5 Å². The SMILES string of the molecule is CCO[C@H]1CCOC2(C1)CN(C(=O)c1ccc3c(c1)OCO3)C2. The molecule has 3 aliphatic heterocycles. The fourth-order valence-electron chi connectivity index (χ4n) is 3.59. The van der Waals surface area contributed by atoms with E-state index in [4.69, 9.17) is 18.9 Å². The molecule has 1 atom stereocenters. The van der Waals surface area contributed by atoms with E-state index in [2.05, 4.69) is 0 Å². The molecule has 124 valence electrons. The highest BCUT2D eigenvalue weighted by molar-refractivity contribution is 5.95. The molecular formula is C17H21NO5. The number of carbonyl (C=O) groups excluding carboxylic acids is 1. The molecule has 3 heterocycles. The summed E-state index contributed by atoms with van der Waals surface area (Å²) in [6.07, 6.45) is 2.05. The number of likely N-dealkylation sites (tertiary alicyclic amines) is 1. The predicted molar refractivity (Wildman–Crippen MR) is 81.8 cm³/mol. The summed E-state index contributed by atoms with van der Waals surface area (Å²) < 4.78 is 22.3. The molecule has 0 N–H and O–H groups in total. The van der Waals surface area contributed by atoms with E-state index in [0.29, 0.717) is 36.8 Å². The van der Waals surface area contributed by atoms with Crippen LogP contribution in [0.3, 0.4) is 0 Å². The van der Waals surface area contributed by atoms with Crippen molar-refractivity contribution in [3.63, 3.8) is 0 Å². The lowest BCUT2D eigenvalue weighted by molar-refractivity contribution is -0.185. The van der Waals surface area contributed by atoms with Gasteiger partial charge >= 0.3 is 0 Å². The largest absolute Gasteiger partial charge is 0.454 e. The number of ether oxygens (including phenoxy) is 4. The van der Waals surface area contributed by atoms with Crippen molar-refractivity contribution in [3.05, 3.63) is 23.8 Å². The van der Waals surface area contributed by atoms with E-state index >= 15 is 0 Å². The van der Waals surface area contributed by atoms with Gasteiger partial charge in [-0.2, -0.15) is 0 Å². The lowest BCUT2D eigenvalue weighted by Gasteiger charge is -2.53. The molecule has 6 heteroatoms. The zero-order chi connectivity index (χ0) is 15.9. The lowest BCUT2D eigenvalue weighted by atomic mass is 9.84. The number of benzene rings is 1. The monoisotopic (exact) mass is 319 g/mol. The number of rotatable bonds is 3. The van der Waals surface area contributed by atoms with Gasteiger partial charge in [-0.3, -0.25) is 4.79 Å². The van der Waals surface area contributed by atoms with Crippen LogP contribution in [0.1, 0.15) is 30.1 Å². The van der Waals surface area contributed by atoms with Crippen LogP contribution >= 0.6 is 0 Å². The van der Waals surface area contributed by atoms with Gasteiger partial charge in [-0.15, -0.1) is 0 Å². The Labute approximate surface area is 135 Å². The van der Waals surface area contributed by atoms with Crippen molar-refractivity contribution in [1.82, 2.24) is 4.90 Å². The molecule has 1 spiro atoms. The Hall–Kier alpha value is -1.79. The third kappa shape index (κ3) is 2.66. The predicted octanol–water partition coefficient (Wildman–Crippen LogP) is 1.83. The molecule has 2 saturated heterocycles. The van der Waals surface area contributed by atoms with Crippen LogP contribution in [0.2, 0.25) is 0 Å². The number of fused-ring (bicyclic) bond motifs is 1. The van der Waals surface area contributed by atoms with Crippen LogP contribution in [0, 0.1) is 0 Å². The minimum atomic E-state index is -0.218. The fraction of sp³-hybridized carbons (Fsp3) is 0.588. The number of carbonyl (C=O) groups is 1. The Morgan fingerprint density at radius 3 is 3.00 bits per heavy atom. The molecular weight excluding hydrogens is 298 g/mol. The van der Waals surface area contributed by atoms with Gasteiger partial charge in [0.1, 0.15) is 5.60 Å². The summed E-state index contributed by atoms with van der Waals surface area (Å²) in [5.74, 6) is 1.34. The standard InChI is InChI=1S/C17H21NO5/c1-2-20-13-5-6-23-17(8-13)9-18(10-17)16(19)12-3-4-14-15(7-12)22-11-21-14/h3-4,7,13H,2,5-6,8-11H2,1H3/t13-/m0/s1. The first-order valence-electron chi connectivity index (χ1n) is 8.14. The van der Waals surface area contributed by atoms with E-state index in [1.54, 1.807) is 18.2 Å². The highest BCUT2D eigenvalue weighted by Gasteiger charge is 2.49. The van der Waals surface area contributed by atoms with E-state index < -0.39 is 0 Å². The van der Waals surface area contributed by atoms with Crippen molar-refractivity contribution in [2.24, 2.45) is 0 Å². The van der Waals surface area contributed by atoms with Crippen molar-refractivity contribution in [1.29, 1.82) is 0 Å². The Kier molecular flexibility index (Phi) is 3.66. The zero-order valence-corrected chi connectivity index (χ0v) is 13.2. The second-order valence-corrected chi connectivity index (χ2v) is 6.33. The molecule has 2 fully saturated rings. The van der Waals surface area contributed by atoms with E-state index in [1.165, 1.54) is 0 Å². The summed E-state index contributed by atoms with van der Waals surface area (Å²) in [5, 5.41) is 0. The minimum Gasteiger partial charge on any atom is -0.454 e. The van der Waals surface area contributed by atoms with Crippen LogP contribution in [0.4, 0.5) is 0 Å². The van der Waals surface area contributed by atoms with Crippen LogP contribution in [-0.4, -0.2) is 55.6 Å².